The first kappa shape index (κ1) is 12.0. The van der Waals surface area contributed by atoms with E-state index < -0.39 is 0 Å². The highest BCUT2D eigenvalue weighted by Crippen LogP contribution is 2.35. The second kappa shape index (κ2) is 4.92. The minimum Gasteiger partial charge on any atom is -0.484 e. The lowest BCUT2D eigenvalue weighted by Gasteiger charge is -2.26. The van der Waals surface area contributed by atoms with Crippen molar-refractivity contribution in [3.8, 4) is 5.75 Å². The van der Waals surface area contributed by atoms with E-state index in [1.165, 1.54) is 23.3 Å². The maximum atomic E-state index is 13.0. The summed E-state index contributed by atoms with van der Waals surface area (Å²) >= 11 is 0. The summed E-state index contributed by atoms with van der Waals surface area (Å²) in [6.07, 6.45) is 3.17. The molecule has 2 aromatic carbocycles. The summed E-state index contributed by atoms with van der Waals surface area (Å²) in [4.78, 5) is 0. The molecule has 3 rings (SSSR count). The Morgan fingerprint density at radius 1 is 1.16 bits per heavy atom. The molecule has 0 amide bonds. The third kappa shape index (κ3) is 2.41. The fraction of sp³-hybridized carbons (Fsp3) is 0.250. The monoisotopic (exact) mass is 257 g/mol. The lowest BCUT2D eigenvalue weighted by molar-refractivity contribution is 0.184. The number of nitrogen functional groups attached to an aromatic ring is 1. The van der Waals surface area contributed by atoms with Crippen LogP contribution in [0.15, 0.2) is 42.5 Å². The van der Waals surface area contributed by atoms with Gasteiger partial charge in [0.1, 0.15) is 17.7 Å². The van der Waals surface area contributed by atoms with Gasteiger partial charge in [0.15, 0.2) is 0 Å². The minimum atomic E-state index is -0.339. The van der Waals surface area contributed by atoms with Gasteiger partial charge in [0, 0.05) is 6.07 Å². The van der Waals surface area contributed by atoms with E-state index in [1.54, 1.807) is 6.07 Å². The fourth-order valence-corrected chi connectivity index (χ4v) is 2.61. The molecule has 1 atom stereocenters. The Bertz CT molecular complexity index is 597. The van der Waals surface area contributed by atoms with Gasteiger partial charge >= 0.3 is 0 Å². The van der Waals surface area contributed by atoms with Crippen molar-refractivity contribution in [1.82, 2.24) is 0 Å². The standard InChI is InChI=1S/C16H16FNO/c17-12-8-9-16(14(18)10-12)19-15-7-3-5-11-4-1-2-6-13(11)15/h1-2,4,6,8-10,15H,3,5,7,18H2. The molecule has 0 fully saturated rings. The molecule has 0 radical (unpaired) electrons. The highest BCUT2D eigenvalue weighted by Gasteiger charge is 2.21. The lowest BCUT2D eigenvalue weighted by atomic mass is 9.89. The second-order valence-corrected chi connectivity index (χ2v) is 4.88. The normalized spacial score (nSPS) is 17.8. The van der Waals surface area contributed by atoms with E-state index in [9.17, 15) is 4.39 Å². The molecule has 0 aliphatic heterocycles. The minimum absolute atomic E-state index is 0.0118. The van der Waals surface area contributed by atoms with Gasteiger partial charge in [-0.2, -0.15) is 0 Å². The van der Waals surface area contributed by atoms with Gasteiger partial charge in [0.25, 0.3) is 0 Å². The van der Waals surface area contributed by atoms with E-state index in [2.05, 4.69) is 12.1 Å². The first-order chi connectivity index (χ1) is 9.24. The Hall–Kier alpha value is -2.03. The number of benzene rings is 2. The Kier molecular flexibility index (Phi) is 3.11. The van der Waals surface area contributed by atoms with E-state index in [0.717, 1.165) is 19.3 Å². The van der Waals surface area contributed by atoms with Crippen molar-refractivity contribution >= 4 is 5.69 Å². The van der Waals surface area contributed by atoms with Crippen LogP contribution in [0.4, 0.5) is 10.1 Å². The number of anilines is 1. The average molecular weight is 257 g/mol. The molecule has 98 valence electrons. The molecule has 3 heteroatoms. The number of rotatable bonds is 2. The number of ether oxygens (including phenoxy) is 1. The molecule has 0 spiro atoms. The van der Waals surface area contributed by atoms with Crippen molar-refractivity contribution in [3.05, 3.63) is 59.4 Å². The highest BCUT2D eigenvalue weighted by atomic mass is 19.1. The summed E-state index contributed by atoms with van der Waals surface area (Å²) in [5.41, 5.74) is 8.70. The summed E-state index contributed by atoms with van der Waals surface area (Å²) in [6.45, 7) is 0. The SMILES string of the molecule is Nc1cc(F)ccc1OC1CCCc2ccccc21. The van der Waals surface area contributed by atoms with Gasteiger partial charge in [0.05, 0.1) is 5.69 Å². The maximum Gasteiger partial charge on any atom is 0.143 e. The Labute approximate surface area is 112 Å². The van der Waals surface area contributed by atoms with Crippen LogP contribution in [0.3, 0.4) is 0 Å². The topological polar surface area (TPSA) is 35.2 Å². The van der Waals surface area contributed by atoms with Gasteiger partial charge in [-0.05, 0) is 42.5 Å². The van der Waals surface area contributed by atoms with Crippen molar-refractivity contribution in [1.29, 1.82) is 0 Å². The Balaban J connectivity index is 1.88. The van der Waals surface area contributed by atoms with Gasteiger partial charge in [0.2, 0.25) is 0 Å². The quantitative estimate of drug-likeness (QED) is 0.829. The number of nitrogens with two attached hydrogens (primary N) is 1. The van der Waals surface area contributed by atoms with Gasteiger partial charge < -0.3 is 10.5 Å². The fourth-order valence-electron chi connectivity index (χ4n) is 2.61. The van der Waals surface area contributed by atoms with Crippen molar-refractivity contribution in [3.63, 3.8) is 0 Å². The van der Waals surface area contributed by atoms with Crippen LogP contribution in [0.2, 0.25) is 0 Å². The first-order valence-corrected chi connectivity index (χ1v) is 6.53. The first-order valence-electron chi connectivity index (χ1n) is 6.53. The highest BCUT2D eigenvalue weighted by molar-refractivity contribution is 5.52. The number of hydrogen-bond acceptors (Lipinski definition) is 2. The van der Waals surface area contributed by atoms with Crippen LogP contribution < -0.4 is 10.5 Å². The largest absolute Gasteiger partial charge is 0.484 e. The molecule has 19 heavy (non-hydrogen) atoms. The molecule has 1 aliphatic rings. The number of hydrogen-bond donors (Lipinski definition) is 1. The smallest absolute Gasteiger partial charge is 0.143 e. The number of aryl methyl sites for hydroxylation is 1. The summed E-state index contributed by atoms with van der Waals surface area (Å²) in [7, 11) is 0. The third-order valence-corrected chi connectivity index (χ3v) is 3.56. The molecule has 0 saturated heterocycles. The molecule has 0 aromatic heterocycles. The van der Waals surface area contributed by atoms with Crippen molar-refractivity contribution in [2.75, 3.05) is 5.73 Å². The average Bonchev–Trinajstić information content (AvgIpc) is 2.42. The van der Waals surface area contributed by atoms with Crippen LogP contribution in [0.1, 0.15) is 30.1 Å². The molecular formula is C16H16FNO. The van der Waals surface area contributed by atoms with Crippen LogP contribution in [0, 0.1) is 5.82 Å². The van der Waals surface area contributed by atoms with Crippen LogP contribution >= 0.6 is 0 Å². The summed E-state index contributed by atoms with van der Waals surface area (Å²) in [5.74, 6) is 0.219. The zero-order valence-corrected chi connectivity index (χ0v) is 10.6. The number of fused-ring (bicyclic) bond motifs is 1. The molecular weight excluding hydrogens is 241 g/mol. The summed E-state index contributed by atoms with van der Waals surface area (Å²) < 4.78 is 19.0. The van der Waals surface area contributed by atoms with E-state index in [0.29, 0.717) is 11.4 Å². The van der Waals surface area contributed by atoms with Gasteiger partial charge in [-0.15, -0.1) is 0 Å². The van der Waals surface area contributed by atoms with Gasteiger partial charge in [-0.25, -0.2) is 4.39 Å². The van der Waals surface area contributed by atoms with Crippen LogP contribution in [-0.2, 0) is 6.42 Å². The third-order valence-electron chi connectivity index (χ3n) is 3.56. The Morgan fingerprint density at radius 3 is 2.84 bits per heavy atom. The zero-order valence-electron chi connectivity index (χ0n) is 10.6. The van der Waals surface area contributed by atoms with E-state index in [-0.39, 0.29) is 11.9 Å². The van der Waals surface area contributed by atoms with E-state index in [1.807, 2.05) is 12.1 Å². The van der Waals surface area contributed by atoms with Crippen LogP contribution in [-0.4, -0.2) is 0 Å². The molecule has 2 aromatic rings. The Morgan fingerprint density at radius 2 is 2.00 bits per heavy atom. The van der Waals surface area contributed by atoms with E-state index in [4.69, 9.17) is 10.5 Å². The molecule has 0 heterocycles. The van der Waals surface area contributed by atoms with Crippen LogP contribution in [0.25, 0.3) is 0 Å². The molecule has 2 N–H and O–H groups in total. The molecule has 0 saturated carbocycles. The maximum absolute atomic E-state index is 13.0. The molecule has 1 aliphatic carbocycles. The van der Waals surface area contributed by atoms with Crippen molar-refractivity contribution < 1.29 is 9.13 Å². The number of halogens is 1. The van der Waals surface area contributed by atoms with Crippen molar-refractivity contribution in [2.24, 2.45) is 0 Å². The van der Waals surface area contributed by atoms with E-state index >= 15 is 0 Å². The molecule has 0 bridgehead atoms. The van der Waals surface area contributed by atoms with Gasteiger partial charge in [-0.3, -0.25) is 0 Å². The predicted octanol–water partition coefficient (Wildman–Crippen LogP) is 3.86. The van der Waals surface area contributed by atoms with Crippen molar-refractivity contribution in [2.45, 2.75) is 25.4 Å². The predicted molar refractivity (Wildman–Crippen MR) is 73.6 cm³/mol. The lowest BCUT2D eigenvalue weighted by Crippen LogP contribution is -2.15. The zero-order chi connectivity index (χ0) is 13.2. The second-order valence-electron chi connectivity index (χ2n) is 4.88. The molecule has 1 unspecified atom stereocenters. The summed E-state index contributed by atoms with van der Waals surface area (Å²) in [5, 5.41) is 0. The molecule has 2 nitrogen and oxygen atoms in total. The van der Waals surface area contributed by atoms with Crippen LogP contribution in [0.5, 0.6) is 5.75 Å². The van der Waals surface area contributed by atoms with Gasteiger partial charge in [-0.1, -0.05) is 24.3 Å². The summed E-state index contributed by atoms with van der Waals surface area (Å²) in [6, 6.07) is 12.6.